The average molecular weight is 489 g/mol. The summed E-state index contributed by atoms with van der Waals surface area (Å²) in [7, 11) is 0. The molecule has 0 aromatic heterocycles. The van der Waals surface area contributed by atoms with Crippen molar-refractivity contribution in [2.24, 2.45) is 0 Å². The molecule has 0 spiro atoms. The normalized spacial score (nSPS) is 11.3. The SMILES string of the molecule is Oc1c(-c2ccccc2)cc(C(c2ccccc2)(c2ccccc2)c2ccccc2)cc1-c1ccccc1. The van der Waals surface area contributed by atoms with Crippen LogP contribution in [0.25, 0.3) is 22.3 Å². The van der Waals surface area contributed by atoms with Crippen LogP contribution in [0.2, 0.25) is 0 Å². The molecule has 0 atom stereocenters. The number of benzene rings is 6. The Morgan fingerprint density at radius 3 is 0.947 bits per heavy atom. The van der Waals surface area contributed by atoms with E-state index in [9.17, 15) is 5.11 Å². The van der Waals surface area contributed by atoms with E-state index in [-0.39, 0.29) is 5.75 Å². The molecular formula is C37H28O. The Bertz CT molecular complexity index is 1470. The van der Waals surface area contributed by atoms with E-state index in [1.165, 1.54) is 16.7 Å². The summed E-state index contributed by atoms with van der Waals surface area (Å²) in [6, 6.07) is 56.7. The van der Waals surface area contributed by atoms with Gasteiger partial charge in [0, 0.05) is 11.1 Å². The number of rotatable bonds is 6. The maximum absolute atomic E-state index is 11.7. The summed E-state index contributed by atoms with van der Waals surface area (Å²) in [5.41, 5.74) is 7.58. The van der Waals surface area contributed by atoms with Crippen molar-refractivity contribution in [1.82, 2.24) is 0 Å². The summed E-state index contributed by atoms with van der Waals surface area (Å²) in [5, 5.41) is 11.7. The van der Waals surface area contributed by atoms with Crippen LogP contribution in [0.15, 0.2) is 164 Å². The van der Waals surface area contributed by atoms with Crippen LogP contribution in [-0.4, -0.2) is 5.11 Å². The first-order valence-electron chi connectivity index (χ1n) is 12.9. The largest absolute Gasteiger partial charge is 0.507 e. The Morgan fingerprint density at radius 1 is 0.342 bits per heavy atom. The van der Waals surface area contributed by atoms with E-state index in [0.29, 0.717) is 0 Å². The second-order valence-corrected chi connectivity index (χ2v) is 9.50. The molecule has 182 valence electrons. The minimum Gasteiger partial charge on any atom is -0.507 e. The van der Waals surface area contributed by atoms with Crippen molar-refractivity contribution in [2.75, 3.05) is 0 Å². The van der Waals surface area contributed by atoms with Gasteiger partial charge in [0.05, 0.1) is 5.41 Å². The standard InChI is InChI=1S/C37H28O/c38-36-34(28-16-6-1-7-17-28)26-33(27-35(36)29-18-8-2-9-19-29)37(30-20-10-3-11-21-30,31-22-12-4-13-23-31)32-24-14-5-15-25-32/h1-27,38H. The van der Waals surface area contributed by atoms with Gasteiger partial charge in [-0.3, -0.25) is 0 Å². The summed E-state index contributed by atoms with van der Waals surface area (Å²) in [5.74, 6) is 0.286. The van der Waals surface area contributed by atoms with Gasteiger partial charge in [0.25, 0.3) is 0 Å². The first-order chi connectivity index (χ1) is 18.8. The second kappa shape index (κ2) is 10.2. The van der Waals surface area contributed by atoms with E-state index >= 15 is 0 Å². The van der Waals surface area contributed by atoms with E-state index < -0.39 is 5.41 Å². The molecule has 0 radical (unpaired) electrons. The first-order valence-corrected chi connectivity index (χ1v) is 12.9. The molecule has 38 heavy (non-hydrogen) atoms. The maximum atomic E-state index is 11.7. The fourth-order valence-electron chi connectivity index (χ4n) is 5.59. The molecule has 0 saturated heterocycles. The molecule has 0 unspecified atom stereocenters. The molecule has 6 rings (SSSR count). The van der Waals surface area contributed by atoms with E-state index in [4.69, 9.17) is 0 Å². The Hall–Kier alpha value is -4.88. The molecule has 0 saturated carbocycles. The molecule has 0 bridgehead atoms. The van der Waals surface area contributed by atoms with Crippen LogP contribution in [-0.2, 0) is 5.41 Å². The third-order valence-corrected chi connectivity index (χ3v) is 7.33. The summed E-state index contributed by atoms with van der Waals surface area (Å²) in [6.45, 7) is 0. The van der Waals surface area contributed by atoms with Crippen LogP contribution in [0.1, 0.15) is 22.3 Å². The van der Waals surface area contributed by atoms with Crippen LogP contribution in [0.3, 0.4) is 0 Å². The van der Waals surface area contributed by atoms with Crippen molar-refractivity contribution >= 4 is 0 Å². The van der Waals surface area contributed by atoms with E-state index in [0.717, 1.165) is 27.8 Å². The zero-order valence-electron chi connectivity index (χ0n) is 21.0. The van der Waals surface area contributed by atoms with Crippen molar-refractivity contribution < 1.29 is 5.11 Å². The second-order valence-electron chi connectivity index (χ2n) is 9.50. The smallest absolute Gasteiger partial charge is 0.131 e. The highest BCUT2D eigenvalue weighted by Gasteiger charge is 2.39. The lowest BCUT2D eigenvalue weighted by molar-refractivity contribution is 0.479. The third kappa shape index (κ3) is 4.09. The lowest BCUT2D eigenvalue weighted by Crippen LogP contribution is -2.31. The molecule has 0 aliphatic rings. The highest BCUT2D eigenvalue weighted by Crippen LogP contribution is 2.49. The van der Waals surface area contributed by atoms with Crippen molar-refractivity contribution in [3.8, 4) is 28.0 Å². The van der Waals surface area contributed by atoms with Crippen LogP contribution < -0.4 is 0 Å². The first kappa shape index (κ1) is 23.5. The zero-order chi connectivity index (χ0) is 25.8. The minimum absolute atomic E-state index is 0.286. The minimum atomic E-state index is -0.607. The number of phenols is 1. The van der Waals surface area contributed by atoms with Gasteiger partial charge in [0.1, 0.15) is 5.75 Å². The molecule has 0 aliphatic carbocycles. The summed E-state index contributed by atoms with van der Waals surface area (Å²) in [4.78, 5) is 0. The highest BCUT2D eigenvalue weighted by atomic mass is 16.3. The van der Waals surface area contributed by atoms with Gasteiger partial charge in [-0.2, -0.15) is 0 Å². The molecule has 0 aliphatic heterocycles. The number of hydrogen-bond donors (Lipinski definition) is 1. The van der Waals surface area contributed by atoms with Gasteiger partial charge in [-0.05, 0) is 45.5 Å². The Balaban J connectivity index is 1.78. The summed E-state index contributed by atoms with van der Waals surface area (Å²) < 4.78 is 0. The molecule has 1 N–H and O–H groups in total. The van der Waals surface area contributed by atoms with Crippen LogP contribution >= 0.6 is 0 Å². The third-order valence-electron chi connectivity index (χ3n) is 7.33. The maximum Gasteiger partial charge on any atom is 0.131 e. The average Bonchev–Trinajstić information content (AvgIpc) is 3.01. The van der Waals surface area contributed by atoms with E-state index in [2.05, 4.69) is 127 Å². The lowest BCUT2D eigenvalue weighted by atomic mass is 9.64. The molecule has 1 nitrogen and oxygen atoms in total. The predicted octanol–water partition coefficient (Wildman–Crippen LogP) is 9.11. The number of hydrogen-bond acceptors (Lipinski definition) is 1. The summed E-state index contributed by atoms with van der Waals surface area (Å²) in [6.07, 6.45) is 0. The van der Waals surface area contributed by atoms with Gasteiger partial charge in [0.15, 0.2) is 0 Å². The quantitative estimate of drug-likeness (QED) is 0.232. The van der Waals surface area contributed by atoms with Crippen LogP contribution in [0.4, 0.5) is 0 Å². The highest BCUT2D eigenvalue weighted by molar-refractivity contribution is 5.84. The van der Waals surface area contributed by atoms with Gasteiger partial charge in [-0.25, -0.2) is 0 Å². The van der Waals surface area contributed by atoms with Gasteiger partial charge in [-0.15, -0.1) is 0 Å². The monoisotopic (exact) mass is 488 g/mol. The topological polar surface area (TPSA) is 20.2 Å². The molecule has 6 aromatic carbocycles. The zero-order valence-corrected chi connectivity index (χ0v) is 21.0. The fraction of sp³-hybridized carbons (Fsp3) is 0.0270. The molecule has 0 heterocycles. The molecular weight excluding hydrogens is 460 g/mol. The van der Waals surface area contributed by atoms with E-state index in [1.807, 2.05) is 36.4 Å². The molecule has 0 fully saturated rings. The van der Waals surface area contributed by atoms with Gasteiger partial charge < -0.3 is 5.11 Å². The Morgan fingerprint density at radius 2 is 0.632 bits per heavy atom. The Kier molecular flexibility index (Phi) is 6.34. The van der Waals surface area contributed by atoms with Gasteiger partial charge in [-0.1, -0.05) is 152 Å². The number of phenolic OH excluding ortho intramolecular Hbond substituents is 1. The number of aromatic hydroxyl groups is 1. The van der Waals surface area contributed by atoms with Crippen LogP contribution in [0.5, 0.6) is 5.75 Å². The summed E-state index contributed by atoms with van der Waals surface area (Å²) >= 11 is 0. The van der Waals surface area contributed by atoms with Gasteiger partial charge in [0.2, 0.25) is 0 Å². The molecule has 6 aromatic rings. The Labute approximate surface area is 224 Å². The van der Waals surface area contributed by atoms with Crippen molar-refractivity contribution in [3.05, 3.63) is 186 Å². The van der Waals surface area contributed by atoms with E-state index in [1.54, 1.807) is 0 Å². The van der Waals surface area contributed by atoms with Gasteiger partial charge >= 0.3 is 0 Å². The van der Waals surface area contributed by atoms with Crippen LogP contribution in [0, 0.1) is 0 Å². The van der Waals surface area contributed by atoms with Crippen molar-refractivity contribution in [1.29, 1.82) is 0 Å². The predicted molar refractivity (Wildman–Crippen MR) is 157 cm³/mol. The molecule has 1 heteroatoms. The lowest BCUT2D eigenvalue weighted by Gasteiger charge is -2.37. The van der Waals surface area contributed by atoms with Crippen molar-refractivity contribution in [3.63, 3.8) is 0 Å². The van der Waals surface area contributed by atoms with Crippen molar-refractivity contribution in [2.45, 2.75) is 5.41 Å². The molecule has 0 amide bonds. The fourth-order valence-corrected chi connectivity index (χ4v) is 5.59.